The first kappa shape index (κ1) is 25.6. The highest BCUT2D eigenvalue weighted by atomic mass is 35.5. The number of halogens is 2. The summed E-state index contributed by atoms with van der Waals surface area (Å²) in [5.74, 6) is 0.386. The van der Waals surface area contributed by atoms with E-state index in [1.54, 1.807) is 37.1 Å². The maximum Gasteiger partial charge on any atom is 0.243 e. The van der Waals surface area contributed by atoms with E-state index in [-0.39, 0.29) is 24.8 Å². The molecule has 0 saturated heterocycles. The zero-order chi connectivity index (χ0) is 24.5. The number of benzene rings is 3. The van der Waals surface area contributed by atoms with Gasteiger partial charge < -0.3 is 15.0 Å². The molecule has 0 spiro atoms. The molecule has 3 aromatic carbocycles. The molecule has 5 nitrogen and oxygen atoms in total. The van der Waals surface area contributed by atoms with Gasteiger partial charge in [-0.2, -0.15) is 0 Å². The molecule has 7 heteroatoms. The smallest absolute Gasteiger partial charge is 0.243 e. The first-order chi connectivity index (χ1) is 16.4. The molecule has 3 rings (SSSR count). The molecule has 0 radical (unpaired) electrons. The van der Waals surface area contributed by atoms with Crippen LogP contribution >= 0.6 is 23.2 Å². The molecule has 3 aromatic rings. The topological polar surface area (TPSA) is 58.6 Å². The molecule has 178 valence electrons. The van der Waals surface area contributed by atoms with Gasteiger partial charge in [-0.25, -0.2) is 0 Å². The molecule has 0 saturated carbocycles. The second-order valence-electron chi connectivity index (χ2n) is 7.88. The first-order valence-corrected chi connectivity index (χ1v) is 11.8. The van der Waals surface area contributed by atoms with Gasteiger partial charge >= 0.3 is 0 Å². The van der Waals surface area contributed by atoms with Crippen LogP contribution in [0.3, 0.4) is 0 Å². The second kappa shape index (κ2) is 12.4. The fraction of sp³-hybridized carbons (Fsp3) is 0.259. The zero-order valence-corrected chi connectivity index (χ0v) is 20.8. The third kappa shape index (κ3) is 6.99. The molecule has 0 unspecified atom stereocenters. The lowest BCUT2D eigenvalue weighted by atomic mass is 10.0. The molecule has 1 atom stereocenters. The van der Waals surface area contributed by atoms with Gasteiger partial charge in [-0.15, -0.1) is 0 Å². The van der Waals surface area contributed by atoms with E-state index in [9.17, 15) is 9.59 Å². The summed E-state index contributed by atoms with van der Waals surface area (Å²) in [5.41, 5.74) is 2.63. The minimum absolute atomic E-state index is 0.101. The highest BCUT2D eigenvalue weighted by Crippen LogP contribution is 2.22. The third-order valence-corrected chi connectivity index (χ3v) is 6.14. The minimum Gasteiger partial charge on any atom is -0.497 e. The highest BCUT2D eigenvalue weighted by molar-refractivity contribution is 6.35. The number of amides is 2. The molecular formula is C27H28Cl2N2O3. The fourth-order valence-electron chi connectivity index (χ4n) is 3.65. The first-order valence-electron chi connectivity index (χ1n) is 11.1. The number of methoxy groups -OCH3 is 1. The van der Waals surface area contributed by atoms with Gasteiger partial charge in [0.1, 0.15) is 11.8 Å². The molecular weight excluding hydrogens is 471 g/mol. The third-order valence-electron chi connectivity index (χ3n) is 5.55. The van der Waals surface area contributed by atoms with Crippen LogP contribution in [0.5, 0.6) is 5.75 Å². The van der Waals surface area contributed by atoms with Crippen molar-refractivity contribution in [2.24, 2.45) is 0 Å². The van der Waals surface area contributed by atoms with Crippen LogP contribution in [0.25, 0.3) is 0 Å². The number of hydrogen-bond donors (Lipinski definition) is 1. The van der Waals surface area contributed by atoms with Crippen LogP contribution in [-0.4, -0.2) is 29.9 Å². The standard InChI is InChI=1S/C27H28Cl2N2O3/c1-3-26(32)31(18-20-9-13-23(34-2)14-10-20)25(15-19-7-5-4-6-8-19)27(33)30-17-21-11-12-22(28)16-24(21)29/h4-14,16,25H,3,15,17-18H2,1-2H3,(H,30,33)/t25-/m1/s1. The normalized spacial score (nSPS) is 11.5. The van der Waals surface area contributed by atoms with Crippen LogP contribution in [0.1, 0.15) is 30.0 Å². The molecule has 0 aliphatic rings. The van der Waals surface area contributed by atoms with Crippen LogP contribution in [0, 0.1) is 0 Å². The number of carbonyl (C=O) groups is 2. The van der Waals surface area contributed by atoms with Crippen molar-refractivity contribution in [1.29, 1.82) is 0 Å². The summed E-state index contributed by atoms with van der Waals surface area (Å²) in [6.45, 7) is 2.34. The van der Waals surface area contributed by atoms with Crippen molar-refractivity contribution < 1.29 is 14.3 Å². The lowest BCUT2D eigenvalue weighted by Crippen LogP contribution is -2.50. The van der Waals surface area contributed by atoms with Crippen LogP contribution in [-0.2, 0) is 29.1 Å². The predicted octanol–water partition coefficient (Wildman–Crippen LogP) is 5.67. The molecule has 34 heavy (non-hydrogen) atoms. The SMILES string of the molecule is CCC(=O)N(Cc1ccc(OC)cc1)[C@H](Cc1ccccc1)C(=O)NCc1ccc(Cl)cc1Cl. The fourth-order valence-corrected chi connectivity index (χ4v) is 4.13. The van der Waals surface area contributed by atoms with Gasteiger partial charge in [0, 0.05) is 36.0 Å². The number of ether oxygens (including phenoxy) is 1. The maximum atomic E-state index is 13.5. The van der Waals surface area contributed by atoms with Gasteiger partial charge in [0.25, 0.3) is 0 Å². The quantitative estimate of drug-likeness (QED) is 0.391. The molecule has 1 N–H and O–H groups in total. The van der Waals surface area contributed by atoms with Crippen LogP contribution < -0.4 is 10.1 Å². The molecule has 0 bridgehead atoms. The average Bonchev–Trinajstić information content (AvgIpc) is 2.86. The van der Waals surface area contributed by atoms with E-state index in [0.29, 0.717) is 23.0 Å². The van der Waals surface area contributed by atoms with Crippen molar-refractivity contribution in [2.45, 2.75) is 38.9 Å². The summed E-state index contributed by atoms with van der Waals surface area (Å²) in [6.07, 6.45) is 0.681. The number of nitrogens with zero attached hydrogens (tertiary/aromatic N) is 1. The van der Waals surface area contributed by atoms with Gasteiger partial charge in [-0.3, -0.25) is 9.59 Å². The summed E-state index contributed by atoms with van der Waals surface area (Å²) in [6, 6.07) is 21.6. The van der Waals surface area contributed by atoms with Crippen molar-refractivity contribution in [2.75, 3.05) is 7.11 Å². The average molecular weight is 499 g/mol. The van der Waals surface area contributed by atoms with Crippen LogP contribution in [0.2, 0.25) is 10.0 Å². The van der Waals surface area contributed by atoms with E-state index in [4.69, 9.17) is 27.9 Å². The summed E-state index contributed by atoms with van der Waals surface area (Å²) in [7, 11) is 1.61. The zero-order valence-electron chi connectivity index (χ0n) is 19.3. The van der Waals surface area contributed by atoms with Crippen molar-refractivity contribution >= 4 is 35.0 Å². The molecule has 0 aliphatic carbocycles. The number of carbonyl (C=O) groups excluding carboxylic acids is 2. The van der Waals surface area contributed by atoms with Crippen molar-refractivity contribution in [1.82, 2.24) is 10.2 Å². The Hall–Kier alpha value is -3.02. The Balaban J connectivity index is 1.86. The van der Waals surface area contributed by atoms with E-state index in [1.165, 1.54) is 0 Å². The Kier molecular flexibility index (Phi) is 9.37. The van der Waals surface area contributed by atoms with Gasteiger partial charge in [0.2, 0.25) is 11.8 Å². The van der Waals surface area contributed by atoms with E-state index < -0.39 is 6.04 Å². The van der Waals surface area contributed by atoms with Crippen LogP contribution in [0.4, 0.5) is 0 Å². The van der Waals surface area contributed by atoms with E-state index >= 15 is 0 Å². The number of nitrogens with one attached hydrogen (secondary N) is 1. The Morgan fingerprint density at radius 3 is 2.29 bits per heavy atom. The van der Waals surface area contributed by atoms with Crippen molar-refractivity contribution in [3.05, 3.63) is 99.5 Å². The molecule has 0 aliphatic heterocycles. The van der Waals surface area contributed by atoms with Gasteiger partial charge in [0.15, 0.2) is 0 Å². The molecule has 2 amide bonds. The van der Waals surface area contributed by atoms with Gasteiger partial charge in [-0.1, -0.05) is 78.7 Å². The minimum atomic E-state index is -0.692. The Bertz CT molecular complexity index is 1100. The van der Waals surface area contributed by atoms with Crippen molar-refractivity contribution in [3.8, 4) is 5.75 Å². The van der Waals surface area contributed by atoms with Gasteiger partial charge in [-0.05, 0) is 41.0 Å². The van der Waals surface area contributed by atoms with Gasteiger partial charge in [0.05, 0.1) is 7.11 Å². The summed E-state index contributed by atoms with van der Waals surface area (Å²) in [4.78, 5) is 28.1. The second-order valence-corrected chi connectivity index (χ2v) is 8.73. The largest absolute Gasteiger partial charge is 0.497 e. The Morgan fingerprint density at radius 2 is 1.68 bits per heavy atom. The lowest BCUT2D eigenvalue weighted by molar-refractivity contribution is -0.141. The highest BCUT2D eigenvalue weighted by Gasteiger charge is 2.29. The maximum absolute atomic E-state index is 13.5. The summed E-state index contributed by atoms with van der Waals surface area (Å²) >= 11 is 12.3. The summed E-state index contributed by atoms with van der Waals surface area (Å²) < 4.78 is 5.23. The van der Waals surface area contributed by atoms with Crippen molar-refractivity contribution in [3.63, 3.8) is 0 Å². The number of rotatable bonds is 10. The van der Waals surface area contributed by atoms with E-state index in [0.717, 1.165) is 22.4 Å². The monoisotopic (exact) mass is 498 g/mol. The molecule has 0 fully saturated rings. The molecule has 0 heterocycles. The molecule has 0 aromatic heterocycles. The van der Waals surface area contributed by atoms with E-state index in [2.05, 4.69) is 5.32 Å². The number of hydrogen-bond acceptors (Lipinski definition) is 3. The van der Waals surface area contributed by atoms with Crippen LogP contribution in [0.15, 0.2) is 72.8 Å². The lowest BCUT2D eigenvalue weighted by Gasteiger charge is -2.31. The predicted molar refractivity (Wildman–Crippen MR) is 136 cm³/mol. The summed E-state index contributed by atoms with van der Waals surface area (Å²) in [5, 5.41) is 3.97. The Labute approximate surface area is 210 Å². The van der Waals surface area contributed by atoms with E-state index in [1.807, 2.05) is 54.6 Å². The Morgan fingerprint density at radius 1 is 0.971 bits per heavy atom.